The Bertz CT molecular complexity index is 556. The summed E-state index contributed by atoms with van der Waals surface area (Å²) in [5.74, 6) is -0.441. The molecule has 0 fully saturated rings. The van der Waals surface area contributed by atoms with Gasteiger partial charge >= 0.3 is 0 Å². The smallest absolute Gasteiger partial charge is 0.126 e. The molecular formula is C17H19F2N. The van der Waals surface area contributed by atoms with Crippen LogP contribution in [0.5, 0.6) is 0 Å². The van der Waals surface area contributed by atoms with Crippen molar-refractivity contribution in [3.8, 4) is 0 Å². The van der Waals surface area contributed by atoms with Crippen LogP contribution in [0, 0.1) is 25.5 Å². The molecule has 0 amide bonds. The van der Waals surface area contributed by atoms with E-state index in [0.717, 1.165) is 17.7 Å². The largest absolute Gasteiger partial charge is 0.307 e. The number of hydrogen-bond acceptors (Lipinski definition) is 1. The maximum absolute atomic E-state index is 13.8. The SMILES string of the molecule is CCNC(c1ccc(F)c(C)c1)c1ccc(C)c(F)c1. The van der Waals surface area contributed by atoms with Gasteiger partial charge in [0.1, 0.15) is 11.6 Å². The second-order valence-electron chi connectivity index (χ2n) is 5.01. The van der Waals surface area contributed by atoms with Gasteiger partial charge in [-0.3, -0.25) is 0 Å². The van der Waals surface area contributed by atoms with Crippen LogP contribution < -0.4 is 5.32 Å². The van der Waals surface area contributed by atoms with Gasteiger partial charge in [-0.15, -0.1) is 0 Å². The van der Waals surface area contributed by atoms with Gasteiger partial charge in [-0.25, -0.2) is 8.78 Å². The second-order valence-corrected chi connectivity index (χ2v) is 5.01. The molecule has 1 N–H and O–H groups in total. The first-order valence-corrected chi connectivity index (χ1v) is 6.78. The molecular weight excluding hydrogens is 256 g/mol. The van der Waals surface area contributed by atoms with E-state index < -0.39 is 0 Å². The monoisotopic (exact) mass is 275 g/mol. The van der Waals surface area contributed by atoms with Crippen LogP contribution in [0.1, 0.15) is 35.2 Å². The van der Waals surface area contributed by atoms with Crippen LogP contribution in [0.4, 0.5) is 8.78 Å². The summed E-state index contributed by atoms with van der Waals surface area (Å²) in [6.45, 7) is 6.21. The Morgan fingerprint density at radius 1 is 0.900 bits per heavy atom. The quantitative estimate of drug-likeness (QED) is 0.878. The van der Waals surface area contributed by atoms with Crippen molar-refractivity contribution in [2.45, 2.75) is 26.8 Å². The van der Waals surface area contributed by atoms with E-state index in [9.17, 15) is 8.78 Å². The van der Waals surface area contributed by atoms with E-state index in [1.807, 2.05) is 13.0 Å². The van der Waals surface area contributed by atoms with Gasteiger partial charge in [-0.05, 0) is 54.8 Å². The first kappa shape index (κ1) is 14.7. The highest BCUT2D eigenvalue weighted by Crippen LogP contribution is 2.25. The van der Waals surface area contributed by atoms with Crippen LogP contribution in [0.15, 0.2) is 36.4 Å². The normalized spacial score (nSPS) is 12.4. The molecule has 0 heterocycles. The van der Waals surface area contributed by atoms with Gasteiger partial charge in [0.15, 0.2) is 0 Å². The van der Waals surface area contributed by atoms with Gasteiger partial charge < -0.3 is 5.32 Å². The van der Waals surface area contributed by atoms with Crippen molar-refractivity contribution in [1.29, 1.82) is 0 Å². The molecule has 20 heavy (non-hydrogen) atoms. The molecule has 106 valence electrons. The number of nitrogens with one attached hydrogen (secondary N) is 1. The Kier molecular flexibility index (Phi) is 4.50. The van der Waals surface area contributed by atoms with Crippen LogP contribution in [0.3, 0.4) is 0 Å². The second kappa shape index (κ2) is 6.14. The van der Waals surface area contributed by atoms with E-state index in [1.54, 1.807) is 38.1 Å². The lowest BCUT2D eigenvalue weighted by Gasteiger charge is -2.20. The zero-order valence-corrected chi connectivity index (χ0v) is 12.0. The lowest BCUT2D eigenvalue weighted by molar-refractivity contribution is 0.592. The van der Waals surface area contributed by atoms with Crippen LogP contribution in [-0.4, -0.2) is 6.54 Å². The molecule has 1 unspecified atom stereocenters. The van der Waals surface area contributed by atoms with E-state index in [2.05, 4.69) is 5.32 Å². The summed E-state index contributed by atoms with van der Waals surface area (Å²) >= 11 is 0. The highest BCUT2D eigenvalue weighted by atomic mass is 19.1. The molecule has 3 heteroatoms. The first-order chi connectivity index (χ1) is 9.52. The van der Waals surface area contributed by atoms with Crippen LogP contribution in [0.2, 0.25) is 0 Å². The topological polar surface area (TPSA) is 12.0 Å². The lowest BCUT2D eigenvalue weighted by atomic mass is 9.96. The third kappa shape index (κ3) is 3.05. The fourth-order valence-corrected chi connectivity index (χ4v) is 2.27. The minimum Gasteiger partial charge on any atom is -0.307 e. The Hall–Kier alpha value is -1.74. The average Bonchev–Trinajstić information content (AvgIpc) is 2.43. The fraction of sp³-hybridized carbons (Fsp3) is 0.294. The summed E-state index contributed by atoms with van der Waals surface area (Å²) in [5.41, 5.74) is 3.01. The zero-order valence-electron chi connectivity index (χ0n) is 12.0. The Morgan fingerprint density at radius 3 is 2.15 bits per heavy atom. The molecule has 0 saturated carbocycles. The summed E-state index contributed by atoms with van der Waals surface area (Å²) in [7, 11) is 0. The summed E-state index contributed by atoms with van der Waals surface area (Å²) in [6, 6.07) is 10.1. The lowest BCUT2D eigenvalue weighted by Crippen LogP contribution is -2.22. The summed E-state index contributed by atoms with van der Waals surface area (Å²) < 4.78 is 27.1. The van der Waals surface area contributed by atoms with Crippen molar-refractivity contribution in [2.75, 3.05) is 6.54 Å². The fourth-order valence-electron chi connectivity index (χ4n) is 2.27. The van der Waals surface area contributed by atoms with Crippen LogP contribution in [-0.2, 0) is 0 Å². The third-order valence-electron chi connectivity index (χ3n) is 3.45. The predicted octanol–water partition coefficient (Wildman–Crippen LogP) is 4.28. The van der Waals surface area contributed by atoms with Gasteiger partial charge in [0.2, 0.25) is 0 Å². The Morgan fingerprint density at radius 2 is 1.55 bits per heavy atom. The maximum atomic E-state index is 13.8. The highest BCUT2D eigenvalue weighted by molar-refractivity contribution is 5.36. The Balaban J connectivity index is 2.44. The van der Waals surface area contributed by atoms with E-state index in [4.69, 9.17) is 0 Å². The van der Waals surface area contributed by atoms with Crippen molar-refractivity contribution in [2.24, 2.45) is 0 Å². The van der Waals surface area contributed by atoms with E-state index in [1.165, 1.54) is 6.07 Å². The number of aryl methyl sites for hydroxylation is 2. The maximum Gasteiger partial charge on any atom is 0.126 e. The third-order valence-corrected chi connectivity index (χ3v) is 3.45. The number of rotatable bonds is 4. The molecule has 1 atom stereocenters. The average molecular weight is 275 g/mol. The van der Waals surface area contributed by atoms with Crippen LogP contribution >= 0.6 is 0 Å². The highest BCUT2D eigenvalue weighted by Gasteiger charge is 2.15. The number of halogens is 2. The van der Waals surface area contributed by atoms with Crippen molar-refractivity contribution < 1.29 is 8.78 Å². The molecule has 0 aromatic heterocycles. The van der Waals surface area contributed by atoms with Crippen molar-refractivity contribution >= 4 is 0 Å². The van der Waals surface area contributed by atoms with Gasteiger partial charge in [0.25, 0.3) is 0 Å². The molecule has 1 nitrogen and oxygen atoms in total. The standard InChI is InChI=1S/C17H19F2N/c1-4-20-17(13-7-8-15(18)12(3)9-13)14-6-5-11(2)16(19)10-14/h5-10,17,20H,4H2,1-3H3. The van der Waals surface area contributed by atoms with Crippen molar-refractivity contribution in [3.05, 3.63) is 70.3 Å². The molecule has 0 radical (unpaired) electrons. The molecule has 2 aromatic rings. The molecule has 0 aliphatic carbocycles. The Labute approximate surface area is 118 Å². The predicted molar refractivity (Wildman–Crippen MR) is 77.8 cm³/mol. The zero-order chi connectivity index (χ0) is 14.7. The molecule has 0 spiro atoms. The van der Waals surface area contributed by atoms with Crippen LogP contribution in [0.25, 0.3) is 0 Å². The summed E-state index contributed by atoms with van der Waals surface area (Å²) in [5, 5.41) is 3.32. The molecule has 0 saturated heterocycles. The summed E-state index contributed by atoms with van der Waals surface area (Å²) in [6.07, 6.45) is 0. The van der Waals surface area contributed by atoms with E-state index in [-0.39, 0.29) is 17.7 Å². The minimum atomic E-state index is -0.223. The summed E-state index contributed by atoms with van der Waals surface area (Å²) in [4.78, 5) is 0. The van der Waals surface area contributed by atoms with Crippen molar-refractivity contribution in [1.82, 2.24) is 5.32 Å². The molecule has 0 aliphatic rings. The molecule has 2 aromatic carbocycles. The van der Waals surface area contributed by atoms with Gasteiger partial charge in [-0.1, -0.05) is 31.2 Å². The van der Waals surface area contributed by atoms with Gasteiger partial charge in [0.05, 0.1) is 6.04 Å². The molecule has 0 aliphatic heterocycles. The molecule has 0 bridgehead atoms. The number of benzene rings is 2. The van der Waals surface area contributed by atoms with Gasteiger partial charge in [0, 0.05) is 0 Å². The first-order valence-electron chi connectivity index (χ1n) is 6.78. The van der Waals surface area contributed by atoms with Gasteiger partial charge in [-0.2, -0.15) is 0 Å². The molecule has 2 rings (SSSR count). The van der Waals surface area contributed by atoms with E-state index >= 15 is 0 Å². The number of hydrogen-bond donors (Lipinski definition) is 1. The van der Waals surface area contributed by atoms with Crippen molar-refractivity contribution in [3.63, 3.8) is 0 Å². The van der Waals surface area contributed by atoms with E-state index in [0.29, 0.717) is 11.1 Å². The minimum absolute atomic E-state index is 0.130.